The van der Waals surface area contributed by atoms with E-state index in [2.05, 4.69) is 29.8 Å². The molecule has 0 bridgehead atoms. The van der Waals surface area contributed by atoms with Crippen molar-refractivity contribution in [2.24, 2.45) is 0 Å². The monoisotopic (exact) mass is 189 g/mol. The van der Waals surface area contributed by atoms with Crippen LogP contribution in [0.4, 0.5) is 5.69 Å². The fraction of sp³-hybridized carbons (Fsp3) is 0.455. The summed E-state index contributed by atoms with van der Waals surface area (Å²) in [6.07, 6.45) is 1.64. The molecule has 1 aromatic rings. The second kappa shape index (κ2) is 4.61. The van der Waals surface area contributed by atoms with Crippen LogP contribution in [0.3, 0.4) is 0 Å². The van der Waals surface area contributed by atoms with Gasteiger partial charge >= 0.3 is 0 Å². The summed E-state index contributed by atoms with van der Waals surface area (Å²) in [6, 6.07) is 4.13. The van der Waals surface area contributed by atoms with Crippen molar-refractivity contribution in [2.75, 3.05) is 18.0 Å². The fourth-order valence-electron chi connectivity index (χ4n) is 1.46. The number of hydrogen-bond acceptors (Lipinski definition) is 3. The molecule has 0 amide bonds. The molecule has 0 atom stereocenters. The zero-order chi connectivity index (χ0) is 10.6. The molecule has 0 saturated heterocycles. The minimum atomic E-state index is 0.652. The summed E-state index contributed by atoms with van der Waals surface area (Å²) in [7, 11) is 0. The molecule has 1 rings (SSSR count). The van der Waals surface area contributed by atoms with Crippen LogP contribution in [0.2, 0.25) is 0 Å². The largest absolute Gasteiger partial charge is 0.371 e. The fourth-order valence-corrected chi connectivity index (χ4v) is 1.46. The molecule has 1 aromatic heterocycles. The first kappa shape index (κ1) is 10.5. The van der Waals surface area contributed by atoms with Crippen LogP contribution in [-0.4, -0.2) is 18.1 Å². The van der Waals surface area contributed by atoms with Crippen LogP contribution in [0.25, 0.3) is 0 Å². The van der Waals surface area contributed by atoms with Gasteiger partial charge in [-0.25, -0.2) is 0 Å². The van der Waals surface area contributed by atoms with Gasteiger partial charge in [0.05, 0.1) is 11.3 Å². The summed E-state index contributed by atoms with van der Waals surface area (Å²) in [6.45, 7) is 7.93. The standard InChI is InChI=1S/C11H15N3/c1-4-14(5-2)11-6-9(3)13-8-10(11)7-12/h6,8H,4-5H2,1-3H3. The van der Waals surface area contributed by atoms with Crippen molar-refractivity contribution in [1.82, 2.24) is 4.98 Å². The van der Waals surface area contributed by atoms with E-state index in [9.17, 15) is 0 Å². The zero-order valence-corrected chi connectivity index (χ0v) is 8.91. The summed E-state index contributed by atoms with van der Waals surface area (Å²) in [5.41, 5.74) is 2.59. The Morgan fingerprint density at radius 1 is 1.43 bits per heavy atom. The lowest BCUT2D eigenvalue weighted by Crippen LogP contribution is -2.23. The molecule has 0 unspecified atom stereocenters. The summed E-state index contributed by atoms with van der Waals surface area (Å²) in [5.74, 6) is 0. The smallest absolute Gasteiger partial charge is 0.103 e. The average Bonchev–Trinajstić information content (AvgIpc) is 2.20. The van der Waals surface area contributed by atoms with Gasteiger partial charge in [0, 0.05) is 25.0 Å². The van der Waals surface area contributed by atoms with Crippen LogP contribution in [0.1, 0.15) is 25.1 Å². The molecule has 3 heteroatoms. The van der Waals surface area contributed by atoms with Gasteiger partial charge in [0.15, 0.2) is 0 Å². The molecule has 0 aliphatic carbocycles. The average molecular weight is 189 g/mol. The summed E-state index contributed by atoms with van der Waals surface area (Å²) < 4.78 is 0. The number of pyridine rings is 1. The highest BCUT2D eigenvalue weighted by molar-refractivity contribution is 5.58. The van der Waals surface area contributed by atoms with Crippen molar-refractivity contribution < 1.29 is 0 Å². The first-order valence-electron chi connectivity index (χ1n) is 4.84. The third kappa shape index (κ3) is 2.02. The predicted octanol–water partition coefficient (Wildman–Crippen LogP) is 2.11. The highest BCUT2D eigenvalue weighted by atomic mass is 15.1. The second-order valence-electron chi connectivity index (χ2n) is 3.13. The number of aryl methyl sites for hydroxylation is 1. The van der Waals surface area contributed by atoms with Crippen molar-refractivity contribution in [2.45, 2.75) is 20.8 Å². The number of hydrogen-bond donors (Lipinski definition) is 0. The Hall–Kier alpha value is -1.56. The Balaban J connectivity index is 3.16. The van der Waals surface area contributed by atoms with Crippen LogP contribution in [-0.2, 0) is 0 Å². The molecule has 1 heterocycles. The normalized spacial score (nSPS) is 9.57. The summed E-state index contributed by atoms with van der Waals surface area (Å²) >= 11 is 0. The highest BCUT2D eigenvalue weighted by Gasteiger charge is 2.08. The predicted molar refractivity (Wildman–Crippen MR) is 57.3 cm³/mol. The van der Waals surface area contributed by atoms with Crippen LogP contribution in [0.5, 0.6) is 0 Å². The van der Waals surface area contributed by atoms with Crippen molar-refractivity contribution >= 4 is 5.69 Å². The SMILES string of the molecule is CCN(CC)c1cc(C)ncc1C#N. The van der Waals surface area contributed by atoms with Gasteiger partial charge in [0.1, 0.15) is 6.07 Å². The maximum absolute atomic E-state index is 8.93. The van der Waals surface area contributed by atoms with Gasteiger partial charge in [0.25, 0.3) is 0 Å². The Morgan fingerprint density at radius 3 is 2.57 bits per heavy atom. The van der Waals surface area contributed by atoms with Crippen LogP contribution >= 0.6 is 0 Å². The Labute approximate surface area is 85.0 Å². The highest BCUT2D eigenvalue weighted by Crippen LogP contribution is 2.19. The molecule has 0 aliphatic heterocycles. The van der Waals surface area contributed by atoms with E-state index in [-0.39, 0.29) is 0 Å². The molecule has 14 heavy (non-hydrogen) atoms. The van der Waals surface area contributed by atoms with E-state index in [1.165, 1.54) is 0 Å². The summed E-state index contributed by atoms with van der Waals surface area (Å²) in [5, 5.41) is 8.93. The number of nitrogens with zero attached hydrogens (tertiary/aromatic N) is 3. The van der Waals surface area contributed by atoms with E-state index < -0.39 is 0 Å². The third-order valence-corrected chi connectivity index (χ3v) is 2.24. The minimum absolute atomic E-state index is 0.652. The van der Waals surface area contributed by atoms with E-state index in [1.54, 1.807) is 6.20 Å². The van der Waals surface area contributed by atoms with Gasteiger partial charge in [-0.2, -0.15) is 5.26 Å². The third-order valence-electron chi connectivity index (χ3n) is 2.24. The number of rotatable bonds is 3. The van der Waals surface area contributed by atoms with Crippen LogP contribution in [0.15, 0.2) is 12.3 Å². The maximum Gasteiger partial charge on any atom is 0.103 e. The zero-order valence-electron chi connectivity index (χ0n) is 8.91. The lowest BCUT2D eigenvalue weighted by Gasteiger charge is -2.22. The number of anilines is 1. The topological polar surface area (TPSA) is 39.9 Å². The van der Waals surface area contributed by atoms with Crippen LogP contribution in [0, 0.1) is 18.3 Å². The van der Waals surface area contributed by atoms with Crippen molar-refractivity contribution in [3.63, 3.8) is 0 Å². The molecule has 0 aliphatic rings. The lowest BCUT2D eigenvalue weighted by atomic mass is 10.2. The minimum Gasteiger partial charge on any atom is -0.371 e. The molecule has 0 spiro atoms. The lowest BCUT2D eigenvalue weighted by molar-refractivity contribution is 0.861. The van der Waals surface area contributed by atoms with E-state index in [0.717, 1.165) is 24.5 Å². The molecule has 0 saturated carbocycles. The molecule has 0 fully saturated rings. The van der Waals surface area contributed by atoms with Gasteiger partial charge in [-0.05, 0) is 26.8 Å². The Morgan fingerprint density at radius 2 is 2.07 bits per heavy atom. The van der Waals surface area contributed by atoms with E-state index in [4.69, 9.17) is 5.26 Å². The van der Waals surface area contributed by atoms with Gasteiger partial charge in [-0.3, -0.25) is 4.98 Å². The molecular formula is C11H15N3. The molecule has 0 N–H and O–H groups in total. The Kier molecular flexibility index (Phi) is 3.47. The second-order valence-corrected chi connectivity index (χ2v) is 3.13. The first-order chi connectivity index (χ1) is 6.72. The number of aromatic nitrogens is 1. The quantitative estimate of drug-likeness (QED) is 0.731. The van der Waals surface area contributed by atoms with E-state index in [0.29, 0.717) is 5.56 Å². The first-order valence-corrected chi connectivity index (χ1v) is 4.84. The molecule has 3 nitrogen and oxygen atoms in total. The van der Waals surface area contributed by atoms with Gasteiger partial charge in [-0.1, -0.05) is 0 Å². The molecular weight excluding hydrogens is 174 g/mol. The van der Waals surface area contributed by atoms with Gasteiger partial charge in [0.2, 0.25) is 0 Å². The van der Waals surface area contributed by atoms with Crippen molar-refractivity contribution in [3.05, 3.63) is 23.5 Å². The van der Waals surface area contributed by atoms with Crippen molar-refractivity contribution in [1.29, 1.82) is 5.26 Å². The molecule has 74 valence electrons. The summed E-state index contributed by atoms with van der Waals surface area (Å²) in [4.78, 5) is 6.27. The van der Waals surface area contributed by atoms with E-state index in [1.807, 2.05) is 13.0 Å². The van der Waals surface area contributed by atoms with Gasteiger partial charge < -0.3 is 4.90 Å². The molecule has 0 aromatic carbocycles. The van der Waals surface area contributed by atoms with Crippen molar-refractivity contribution in [3.8, 4) is 6.07 Å². The number of nitriles is 1. The van der Waals surface area contributed by atoms with Crippen LogP contribution < -0.4 is 4.90 Å². The maximum atomic E-state index is 8.93. The molecule has 0 radical (unpaired) electrons. The Bertz CT molecular complexity index is 348. The van der Waals surface area contributed by atoms with Gasteiger partial charge in [-0.15, -0.1) is 0 Å². The van der Waals surface area contributed by atoms with E-state index >= 15 is 0 Å².